The number of hydrogen-bond acceptors (Lipinski definition) is 2. The van der Waals surface area contributed by atoms with E-state index in [1.54, 1.807) is 31.2 Å². The summed E-state index contributed by atoms with van der Waals surface area (Å²) in [7, 11) is 0. The number of ether oxygens (including phenoxy) is 1. The van der Waals surface area contributed by atoms with Gasteiger partial charge in [-0.05, 0) is 43.3 Å². The molecule has 0 aliphatic rings. The van der Waals surface area contributed by atoms with Crippen LogP contribution >= 0.6 is 15.9 Å². The van der Waals surface area contributed by atoms with Crippen LogP contribution in [0.15, 0.2) is 53.0 Å². The van der Waals surface area contributed by atoms with E-state index in [0.717, 1.165) is 4.47 Å². The lowest BCUT2D eigenvalue weighted by atomic mass is 10.1. The first kappa shape index (κ1) is 13.7. The first-order chi connectivity index (χ1) is 9.06. The molecule has 0 aliphatic heterocycles. The predicted molar refractivity (Wildman–Crippen MR) is 75.0 cm³/mol. The van der Waals surface area contributed by atoms with Gasteiger partial charge in [0.1, 0.15) is 11.6 Å². The first-order valence-corrected chi connectivity index (χ1v) is 6.57. The highest BCUT2D eigenvalue weighted by atomic mass is 79.9. The summed E-state index contributed by atoms with van der Waals surface area (Å²) in [4.78, 5) is 12.1. The fourth-order valence-corrected chi connectivity index (χ4v) is 1.88. The number of hydrogen-bond donors (Lipinski definition) is 0. The molecule has 19 heavy (non-hydrogen) atoms. The van der Waals surface area contributed by atoms with Gasteiger partial charge in [-0.3, -0.25) is 4.79 Å². The third-order valence-corrected chi connectivity index (χ3v) is 3.15. The molecule has 0 fully saturated rings. The quantitative estimate of drug-likeness (QED) is 0.787. The minimum Gasteiger partial charge on any atom is -0.483 e. The SMILES string of the molecule is CC(Oc1ccc(F)cc1)C(=O)c1ccc(Br)cc1. The van der Waals surface area contributed by atoms with Crippen LogP contribution in [0.3, 0.4) is 0 Å². The third-order valence-electron chi connectivity index (χ3n) is 2.62. The Balaban J connectivity index is 2.07. The zero-order chi connectivity index (χ0) is 13.8. The molecule has 0 aliphatic carbocycles. The summed E-state index contributed by atoms with van der Waals surface area (Å²) >= 11 is 3.31. The Hall–Kier alpha value is -1.68. The molecule has 2 rings (SSSR count). The number of carbonyl (C=O) groups excluding carboxylic acids is 1. The second-order valence-corrected chi connectivity index (χ2v) is 5.00. The number of ketones is 1. The summed E-state index contributed by atoms with van der Waals surface area (Å²) in [5.41, 5.74) is 0.581. The summed E-state index contributed by atoms with van der Waals surface area (Å²) in [5.74, 6) is 0.0235. The summed E-state index contributed by atoms with van der Waals surface area (Å²) in [5, 5.41) is 0. The second-order valence-electron chi connectivity index (χ2n) is 4.09. The summed E-state index contributed by atoms with van der Waals surface area (Å²) in [6, 6.07) is 12.7. The van der Waals surface area contributed by atoms with E-state index in [2.05, 4.69) is 15.9 Å². The van der Waals surface area contributed by atoms with Crippen LogP contribution in [0.25, 0.3) is 0 Å². The van der Waals surface area contributed by atoms with Crippen molar-refractivity contribution in [3.63, 3.8) is 0 Å². The van der Waals surface area contributed by atoms with Crippen LogP contribution < -0.4 is 4.74 Å². The van der Waals surface area contributed by atoms with Crippen molar-refractivity contribution in [1.29, 1.82) is 0 Å². The fourth-order valence-electron chi connectivity index (χ4n) is 1.62. The third kappa shape index (κ3) is 3.64. The molecule has 0 bridgehead atoms. The Bertz CT molecular complexity index is 564. The highest BCUT2D eigenvalue weighted by molar-refractivity contribution is 9.10. The average molecular weight is 323 g/mol. The van der Waals surface area contributed by atoms with Crippen molar-refractivity contribution >= 4 is 21.7 Å². The molecular weight excluding hydrogens is 311 g/mol. The number of benzene rings is 2. The van der Waals surface area contributed by atoms with Crippen molar-refractivity contribution in [1.82, 2.24) is 0 Å². The molecule has 0 spiro atoms. The van der Waals surface area contributed by atoms with Gasteiger partial charge in [-0.1, -0.05) is 28.1 Å². The number of halogens is 2. The van der Waals surface area contributed by atoms with E-state index in [0.29, 0.717) is 11.3 Å². The van der Waals surface area contributed by atoms with Crippen LogP contribution in [-0.2, 0) is 0 Å². The molecule has 0 amide bonds. The molecule has 2 aromatic carbocycles. The van der Waals surface area contributed by atoms with E-state index < -0.39 is 6.10 Å². The number of carbonyl (C=O) groups is 1. The molecule has 1 unspecified atom stereocenters. The summed E-state index contributed by atoms with van der Waals surface area (Å²) < 4.78 is 19.2. The molecule has 0 aromatic heterocycles. The molecule has 4 heteroatoms. The van der Waals surface area contributed by atoms with Crippen LogP contribution in [0.4, 0.5) is 4.39 Å². The largest absolute Gasteiger partial charge is 0.483 e. The Labute approximate surface area is 119 Å². The van der Waals surface area contributed by atoms with Gasteiger partial charge in [-0.25, -0.2) is 4.39 Å². The first-order valence-electron chi connectivity index (χ1n) is 5.78. The monoisotopic (exact) mass is 322 g/mol. The molecule has 0 radical (unpaired) electrons. The van der Waals surface area contributed by atoms with Gasteiger partial charge in [0.15, 0.2) is 6.10 Å². The second kappa shape index (κ2) is 5.97. The van der Waals surface area contributed by atoms with E-state index in [4.69, 9.17) is 4.74 Å². The van der Waals surface area contributed by atoms with Gasteiger partial charge >= 0.3 is 0 Å². The minimum absolute atomic E-state index is 0.114. The maximum atomic E-state index is 12.8. The molecule has 0 saturated carbocycles. The highest BCUT2D eigenvalue weighted by Crippen LogP contribution is 2.16. The van der Waals surface area contributed by atoms with Crippen molar-refractivity contribution in [2.24, 2.45) is 0 Å². The molecule has 0 heterocycles. The maximum absolute atomic E-state index is 12.8. The molecule has 2 nitrogen and oxygen atoms in total. The molecule has 0 saturated heterocycles. The maximum Gasteiger partial charge on any atom is 0.202 e. The lowest BCUT2D eigenvalue weighted by Crippen LogP contribution is -2.23. The number of Topliss-reactive ketones (excluding diaryl/α,β-unsaturated/α-hetero) is 1. The predicted octanol–water partition coefficient (Wildman–Crippen LogP) is 4.24. The smallest absolute Gasteiger partial charge is 0.202 e. The Morgan fingerprint density at radius 2 is 1.68 bits per heavy atom. The zero-order valence-corrected chi connectivity index (χ0v) is 11.9. The van der Waals surface area contributed by atoms with Crippen LogP contribution in [0, 0.1) is 5.82 Å². The van der Waals surface area contributed by atoms with Gasteiger partial charge in [0.05, 0.1) is 0 Å². The van der Waals surface area contributed by atoms with Crippen LogP contribution in [0.1, 0.15) is 17.3 Å². The van der Waals surface area contributed by atoms with Crippen molar-refractivity contribution < 1.29 is 13.9 Å². The zero-order valence-electron chi connectivity index (χ0n) is 10.3. The van der Waals surface area contributed by atoms with Gasteiger partial charge in [-0.2, -0.15) is 0 Å². The van der Waals surface area contributed by atoms with Crippen molar-refractivity contribution in [2.75, 3.05) is 0 Å². The van der Waals surface area contributed by atoms with E-state index in [9.17, 15) is 9.18 Å². The van der Waals surface area contributed by atoms with Gasteiger partial charge in [0.2, 0.25) is 5.78 Å². The van der Waals surface area contributed by atoms with E-state index in [1.807, 2.05) is 0 Å². The molecule has 2 aromatic rings. The van der Waals surface area contributed by atoms with E-state index >= 15 is 0 Å². The van der Waals surface area contributed by atoms with Crippen LogP contribution in [-0.4, -0.2) is 11.9 Å². The standard InChI is InChI=1S/C15H12BrFO2/c1-10(19-14-8-6-13(17)7-9-14)15(18)11-2-4-12(16)5-3-11/h2-10H,1H3. The topological polar surface area (TPSA) is 26.3 Å². The van der Waals surface area contributed by atoms with Gasteiger partial charge in [0, 0.05) is 10.0 Å². The molecule has 1 atom stereocenters. The van der Waals surface area contributed by atoms with E-state index in [1.165, 1.54) is 24.3 Å². The molecule has 98 valence electrons. The Kier molecular flexibility index (Phi) is 4.32. The van der Waals surface area contributed by atoms with E-state index in [-0.39, 0.29) is 11.6 Å². The summed E-state index contributed by atoms with van der Waals surface area (Å²) in [6.07, 6.45) is -0.619. The van der Waals surface area contributed by atoms with Crippen molar-refractivity contribution in [2.45, 2.75) is 13.0 Å². The molecular formula is C15H12BrFO2. The van der Waals surface area contributed by atoms with Crippen molar-refractivity contribution in [3.05, 3.63) is 64.4 Å². The highest BCUT2D eigenvalue weighted by Gasteiger charge is 2.16. The Morgan fingerprint density at radius 1 is 1.11 bits per heavy atom. The lowest BCUT2D eigenvalue weighted by Gasteiger charge is -2.13. The van der Waals surface area contributed by atoms with Gasteiger partial charge < -0.3 is 4.74 Å². The summed E-state index contributed by atoms with van der Waals surface area (Å²) in [6.45, 7) is 1.67. The minimum atomic E-state index is -0.619. The molecule has 0 N–H and O–H groups in total. The Morgan fingerprint density at radius 3 is 2.26 bits per heavy atom. The van der Waals surface area contributed by atoms with Gasteiger partial charge in [-0.15, -0.1) is 0 Å². The van der Waals surface area contributed by atoms with Gasteiger partial charge in [0.25, 0.3) is 0 Å². The average Bonchev–Trinajstić information content (AvgIpc) is 2.41. The van der Waals surface area contributed by atoms with Crippen LogP contribution in [0.5, 0.6) is 5.75 Å². The number of rotatable bonds is 4. The lowest BCUT2D eigenvalue weighted by molar-refractivity contribution is 0.0818. The fraction of sp³-hybridized carbons (Fsp3) is 0.133. The van der Waals surface area contributed by atoms with Crippen molar-refractivity contribution in [3.8, 4) is 5.75 Å². The normalized spacial score (nSPS) is 11.9. The van der Waals surface area contributed by atoms with Crippen LogP contribution in [0.2, 0.25) is 0 Å².